The molecular formula is C27H52O5. The maximum absolute atomic E-state index is 11.9. The van der Waals surface area contributed by atoms with Crippen molar-refractivity contribution >= 4 is 11.9 Å². The average molecular weight is 457 g/mol. The average Bonchev–Trinajstić information content (AvgIpc) is 2.79. The Balaban J connectivity index is 3.61. The van der Waals surface area contributed by atoms with Gasteiger partial charge in [0.15, 0.2) is 6.10 Å². The predicted molar refractivity (Wildman–Crippen MR) is 132 cm³/mol. The van der Waals surface area contributed by atoms with Gasteiger partial charge in [0.05, 0.1) is 6.61 Å². The minimum Gasteiger partial charge on any atom is -0.462 e. The van der Waals surface area contributed by atoms with Crippen LogP contribution < -0.4 is 0 Å². The van der Waals surface area contributed by atoms with Crippen LogP contribution in [0.25, 0.3) is 0 Å². The fourth-order valence-corrected chi connectivity index (χ4v) is 3.79. The van der Waals surface area contributed by atoms with Crippen LogP contribution in [-0.4, -0.2) is 36.4 Å². The molecule has 0 radical (unpaired) electrons. The number of aliphatic hydroxyl groups excluding tert-OH is 1. The molecule has 1 atom stereocenters. The zero-order valence-corrected chi connectivity index (χ0v) is 21.2. The molecule has 1 N–H and O–H groups in total. The van der Waals surface area contributed by atoms with Crippen LogP contribution in [0.5, 0.6) is 0 Å². The van der Waals surface area contributed by atoms with E-state index < -0.39 is 6.10 Å². The van der Waals surface area contributed by atoms with Gasteiger partial charge in [-0.1, -0.05) is 117 Å². The van der Waals surface area contributed by atoms with E-state index in [4.69, 9.17) is 9.47 Å². The van der Waals surface area contributed by atoms with Crippen LogP contribution in [0.4, 0.5) is 0 Å². The first-order valence-electron chi connectivity index (χ1n) is 13.6. The molecule has 0 aliphatic rings. The molecule has 0 unspecified atom stereocenters. The fourth-order valence-electron chi connectivity index (χ4n) is 3.79. The smallest absolute Gasteiger partial charge is 0.306 e. The number of carbonyl (C=O) groups excluding carboxylic acids is 2. The molecule has 0 fully saturated rings. The highest BCUT2D eigenvalue weighted by molar-refractivity contribution is 5.70. The number of rotatable bonds is 24. The lowest BCUT2D eigenvalue weighted by atomic mass is 10.1. The topological polar surface area (TPSA) is 72.8 Å². The van der Waals surface area contributed by atoms with Crippen LogP contribution in [0.2, 0.25) is 0 Å². The maximum atomic E-state index is 11.9. The second-order valence-corrected chi connectivity index (χ2v) is 9.13. The molecule has 0 aliphatic heterocycles. The summed E-state index contributed by atoms with van der Waals surface area (Å²) in [4.78, 5) is 23.8. The van der Waals surface area contributed by atoms with Crippen LogP contribution >= 0.6 is 0 Å². The second-order valence-electron chi connectivity index (χ2n) is 9.13. The van der Waals surface area contributed by atoms with Crippen molar-refractivity contribution < 1.29 is 24.2 Å². The molecule has 0 saturated heterocycles. The van der Waals surface area contributed by atoms with E-state index in [0.717, 1.165) is 38.5 Å². The van der Waals surface area contributed by atoms with E-state index in [1.807, 2.05) is 0 Å². The van der Waals surface area contributed by atoms with Gasteiger partial charge in [-0.05, 0) is 12.8 Å². The predicted octanol–water partition coefficient (Wildman–Crippen LogP) is 7.28. The van der Waals surface area contributed by atoms with Gasteiger partial charge in [-0.15, -0.1) is 0 Å². The Morgan fingerprint density at radius 3 is 1.38 bits per heavy atom. The van der Waals surface area contributed by atoms with E-state index in [1.165, 1.54) is 77.0 Å². The van der Waals surface area contributed by atoms with Gasteiger partial charge in [0.2, 0.25) is 0 Å². The number of unbranched alkanes of at least 4 members (excludes halogenated alkanes) is 16. The van der Waals surface area contributed by atoms with Gasteiger partial charge in [-0.2, -0.15) is 0 Å². The highest BCUT2D eigenvalue weighted by atomic mass is 16.6. The summed E-state index contributed by atoms with van der Waals surface area (Å²) in [7, 11) is 0. The summed E-state index contributed by atoms with van der Waals surface area (Å²) < 4.78 is 10.4. The molecule has 0 aromatic rings. The maximum Gasteiger partial charge on any atom is 0.306 e. The molecular weight excluding hydrogens is 404 g/mol. The van der Waals surface area contributed by atoms with Crippen LogP contribution in [0.3, 0.4) is 0 Å². The van der Waals surface area contributed by atoms with Gasteiger partial charge in [-0.3, -0.25) is 9.59 Å². The van der Waals surface area contributed by atoms with E-state index in [0.29, 0.717) is 12.8 Å². The Morgan fingerprint density at radius 1 is 0.594 bits per heavy atom. The number of esters is 2. The van der Waals surface area contributed by atoms with E-state index in [-0.39, 0.29) is 25.2 Å². The van der Waals surface area contributed by atoms with Crippen molar-refractivity contribution in [3.8, 4) is 0 Å². The van der Waals surface area contributed by atoms with Gasteiger partial charge < -0.3 is 14.6 Å². The quantitative estimate of drug-likeness (QED) is 0.122. The summed E-state index contributed by atoms with van der Waals surface area (Å²) in [5, 5.41) is 9.40. The van der Waals surface area contributed by atoms with Gasteiger partial charge in [0.1, 0.15) is 6.61 Å². The third-order valence-corrected chi connectivity index (χ3v) is 5.90. The summed E-state index contributed by atoms with van der Waals surface area (Å²) in [6, 6.07) is 0. The molecule has 190 valence electrons. The Labute approximate surface area is 198 Å². The molecule has 5 heteroatoms. The van der Waals surface area contributed by atoms with Crippen LogP contribution in [-0.2, 0) is 19.1 Å². The summed E-state index contributed by atoms with van der Waals surface area (Å²) >= 11 is 0. The normalized spacial score (nSPS) is 12.0. The Bertz CT molecular complexity index is 424. The van der Waals surface area contributed by atoms with E-state index in [1.54, 1.807) is 0 Å². The molecule has 0 saturated carbocycles. The van der Waals surface area contributed by atoms with Crippen molar-refractivity contribution in [2.24, 2.45) is 0 Å². The highest BCUT2D eigenvalue weighted by Crippen LogP contribution is 2.12. The van der Waals surface area contributed by atoms with E-state index in [2.05, 4.69) is 13.8 Å². The molecule has 0 spiro atoms. The molecule has 0 rings (SSSR count). The monoisotopic (exact) mass is 456 g/mol. The molecule has 0 amide bonds. The minimum atomic E-state index is -0.756. The first kappa shape index (κ1) is 30.9. The number of ether oxygens (including phenoxy) is 2. The molecule has 0 aliphatic carbocycles. The summed E-state index contributed by atoms with van der Waals surface area (Å²) in [6.07, 6.45) is 21.5. The van der Waals surface area contributed by atoms with E-state index >= 15 is 0 Å². The van der Waals surface area contributed by atoms with Gasteiger partial charge in [-0.25, -0.2) is 0 Å². The third-order valence-electron chi connectivity index (χ3n) is 5.90. The van der Waals surface area contributed by atoms with Crippen molar-refractivity contribution in [2.75, 3.05) is 13.2 Å². The molecule has 32 heavy (non-hydrogen) atoms. The fraction of sp³-hybridized carbons (Fsp3) is 0.926. The van der Waals surface area contributed by atoms with Gasteiger partial charge >= 0.3 is 11.9 Å². The Hall–Kier alpha value is -1.10. The second kappa shape index (κ2) is 24.5. The molecule has 0 heterocycles. The number of hydrogen-bond donors (Lipinski definition) is 1. The lowest BCUT2D eigenvalue weighted by Crippen LogP contribution is -2.28. The van der Waals surface area contributed by atoms with E-state index in [9.17, 15) is 14.7 Å². The number of aliphatic hydroxyl groups is 1. The van der Waals surface area contributed by atoms with Crippen LogP contribution in [0.15, 0.2) is 0 Å². The Kier molecular flexibility index (Phi) is 23.7. The number of carbonyl (C=O) groups is 2. The lowest BCUT2D eigenvalue weighted by Gasteiger charge is -2.15. The van der Waals surface area contributed by atoms with Crippen LogP contribution in [0.1, 0.15) is 142 Å². The molecule has 5 nitrogen and oxygen atoms in total. The molecule has 0 aromatic heterocycles. The Morgan fingerprint density at radius 2 is 0.969 bits per heavy atom. The van der Waals surface area contributed by atoms with Crippen LogP contribution in [0, 0.1) is 0 Å². The molecule has 0 bridgehead atoms. The zero-order valence-electron chi connectivity index (χ0n) is 21.2. The molecule has 0 aromatic carbocycles. The lowest BCUT2D eigenvalue weighted by molar-refractivity contribution is -0.161. The highest BCUT2D eigenvalue weighted by Gasteiger charge is 2.16. The largest absolute Gasteiger partial charge is 0.462 e. The first-order valence-corrected chi connectivity index (χ1v) is 13.6. The third kappa shape index (κ3) is 22.1. The summed E-state index contributed by atoms with van der Waals surface area (Å²) in [5.74, 6) is -0.594. The van der Waals surface area contributed by atoms with Crippen molar-refractivity contribution in [3.05, 3.63) is 0 Å². The standard InChI is InChI=1S/C27H52O5/c1-3-5-7-9-11-13-15-17-19-21-26(29)31-24-25(23-28)32-27(30)22-20-18-16-14-12-10-8-6-4-2/h25,28H,3-24H2,1-2H3/t25-/m0/s1. The first-order chi connectivity index (χ1) is 15.6. The van der Waals surface area contributed by atoms with Crippen molar-refractivity contribution in [1.82, 2.24) is 0 Å². The van der Waals surface area contributed by atoms with Crippen molar-refractivity contribution in [1.29, 1.82) is 0 Å². The SMILES string of the molecule is CCCCCCCCCCCC(=O)OC[C@H](CO)OC(=O)CCCCCCCCCCC. The van der Waals surface area contributed by atoms with Crippen molar-refractivity contribution in [2.45, 2.75) is 148 Å². The zero-order chi connectivity index (χ0) is 23.7. The summed E-state index contributed by atoms with van der Waals surface area (Å²) in [6.45, 7) is 4.07. The van der Waals surface area contributed by atoms with Gasteiger partial charge in [0.25, 0.3) is 0 Å². The van der Waals surface area contributed by atoms with Crippen molar-refractivity contribution in [3.63, 3.8) is 0 Å². The van der Waals surface area contributed by atoms with Gasteiger partial charge in [0, 0.05) is 12.8 Å². The number of hydrogen-bond acceptors (Lipinski definition) is 5. The summed E-state index contributed by atoms with van der Waals surface area (Å²) in [5.41, 5.74) is 0. The minimum absolute atomic E-state index is 0.0593.